The lowest BCUT2D eigenvalue weighted by atomic mass is 10.0. The zero-order valence-electron chi connectivity index (χ0n) is 16.5. The van der Waals surface area contributed by atoms with Gasteiger partial charge in [0.05, 0.1) is 13.7 Å². The van der Waals surface area contributed by atoms with Gasteiger partial charge >= 0.3 is 5.97 Å². The fourth-order valence-corrected chi connectivity index (χ4v) is 3.49. The Morgan fingerprint density at radius 3 is 2.75 bits per heavy atom. The van der Waals surface area contributed by atoms with E-state index in [0.29, 0.717) is 11.5 Å². The Hall–Kier alpha value is -2.57. The number of aliphatic carboxylic acids is 1. The molecule has 0 heterocycles. The van der Waals surface area contributed by atoms with E-state index in [2.05, 4.69) is 30.4 Å². The fourth-order valence-electron chi connectivity index (χ4n) is 3.49. The second-order valence-corrected chi connectivity index (χ2v) is 7.42. The Bertz CT molecular complexity index is 866. The molecule has 0 saturated carbocycles. The van der Waals surface area contributed by atoms with Crippen molar-refractivity contribution in [2.75, 3.05) is 13.7 Å². The first kappa shape index (κ1) is 20.2. The first-order valence-corrected chi connectivity index (χ1v) is 9.39. The second-order valence-electron chi connectivity index (χ2n) is 7.42. The molecule has 1 aliphatic carbocycles. The molecule has 3 N–H and O–H groups in total. The quantitative estimate of drug-likeness (QED) is 0.647. The molecule has 0 aliphatic heterocycles. The van der Waals surface area contributed by atoms with Crippen LogP contribution in [0.2, 0.25) is 0 Å². The zero-order chi connectivity index (χ0) is 20.3. The van der Waals surface area contributed by atoms with Gasteiger partial charge in [-0.2, -0.15) is 0 Å². The molecular formula is C22H27NO5. The SMILES string of the molecule is COc1cc(CN[C@@](C)(CO)C(=O)O)ccc1OC1CCc2c(C)cccc21. The molecule has 150 valence electrons. The van der Waals surface area contributed by atoms with Crippen LogP contribution in [0.25, 0.3) is 0 Å². The number of hydrogen-bond acceptors (Lipinski definition) is 5. The summed E-state index contributed by atoms with van der Waals surface area (Å²) in [6, 6.07) is 11.8. The van der Waals surface area contributed by atoms with Crippen LogP contribution in [0.4, 0.5) is 0 Å². The summed E-state index contributed by atoms with van der Waals surface area (Å²) in [5.41, 5.74) is 3.33. The highest BCUT2D eigenvalue weighted by atomic mass is 16.5. The number of fused-ring (bicyclic) bond motifs is 1. The number of ether oxygens (including phenoxy) is 2. The van der Waals surface area contributed by atoms with Gasteiger partial charge in [-0.3, -0.25) is 10.1 Å². The van der Waals surface area contributed by atoms with Crippen molar-refractivity contribution < 1.29 is 24.5 Å². The van der Waals surface area contributed by atoms with Crippen LogP contribution in [0.1, 0.15) is 41.7 Å². The minimum Gasteiger partial charge on any atom is -0.493 e. The molecule has 0 bridgehead atoms. The van der Waals surface area contributed by atoms with Crippen molar-refractivity contribution in [2.45, 2.75) is 44.9 Å². The average Bonchev–Trinajstić information content (AvgIpc) is 3.11. The maximum atomic E-state index is 11.3. The molecule has 0 spiro atoms. The van der Waals surface area contributed by atoms with Gasteiger partial charge in [0.1, 0.15) is 11.6 Å². The molecule has 28 heavy (non-hydrogen) atoms. The molecule has 0 radical (unpaired) electrons. The predicted molar refractivity (Wildman–Crippen MR) is 106 cm³/mol. The van der Waals surface area contributed by atoms with E-state index >= 15 is 0 Å². The highest BCUT2D eigenvalue weighted by Gasteiger charge is 2.31. The molecule has 1 aliphatic rings. The second kappa shape index (κ2) is 8.20. The number of rotatable bonds is 8. The Morgan fingerprint density at radius 2 is 2.07 bits per heavy atom. The number of nitrogens with one attached hydrogen (secondary N) is 1. The van der Waals surface area contributed by atoms with Crippen LogP contribution >= 0.6 is 0 Å². The lowest BCUT2D eigenvalue weighted by molar-refractivity contribution is -0.145. The van der Waals surface area contributed by atoms with E-state index in [1.54, 1.807) is 7.11 Å². The van der Waals surface area contributed by atoms with Crippen LogP contribution in [0.3, 0.4) is 0 Å². The monoisotopic (exact) mass is 385 g/mol. The molecular weight excluding hydrogens is 358 g/mol. The van der Waals surface area contributed by atoms with Gasteiger partial charge < -0.3 is 19.7 Å². The minimum absolute atomic E-state index is 0.00235. The number of aliphatic hydroxyl groups is 1. The maximum absolute atomic E-state index is 11.3. The van der Waals surface area contributed by atoms with E-state index in [9.17, 15) is 15.0 Å². The van der Waals surface area contributed by atoms with Crippen molar-refractivity contribution in [2.24, 2.45) is 0 Å². The third-order valence-corrected chi connectivity index (χ3v) is 5.42. The lowest BCUT2D eigenvalue weighted by Crippen LogP contribution is -2.52. The predicted octanol–water partition coefficient (Wildman–Crippen LogP) is 3.00. The number of carboxylic acid groups (broad SMARTS) is 1. The van der Waals surface area contributed by atoms with Gasteiger partial charge in [-0.25, -0.2) is 0 Å². The Kier molecular flexibility index (Phi) is 5.91. The summed E-state index contributed by atoms with van der Waals surface area (Å²) < 4.78 is 11.8. The number of aliphatic hydroxyl groups excluding tert-OH is 1. The topological polar surface area (TPSA) is 88.0 Å². The molecule has 0 amide bonds. The molecule has 6 nitrogen and oxygen atoms in total. The number of aryl methyl sites for hydroxylation is 1. The number of benzene rings is 2. The van der Waals surface area contributed by atoms with Crippen LogP contribution in [0, 0.1) is 6.92 Å². The number of carboxylic acids is 1. The summed E-state index contributed by atoms with van der Waals surface area (Å²) in [6.07, 6.45) is 1.93. The van der Waals surface area contributed by atoms with E-state index in [1.807, 2.05) is 18.2 Å². The van der Waals surface area contributed by atoms with E-state index in [4.69, 9.17) is 9.47 Å². The van der Waals surface area contributed by atoms with Gasteiger partial charge in [-0.05, 0) is 61.1 Å². The van der Waals surface area contributed by atoms with Gasteiger partial charge in [0.2, 0.25) is 0 Å². The normalized spacial score (nSPS) is 17.6. The first-order chi connectivity index (χ1) is 13.4. The number of hydrogen-bond donors (Lipinski definition) is 3. The van der Waals surface area contributed by atoms with E-state index < -0.39 is 18.1 Å². The molecule has 0 saturated heterocycles. The number of carbonyl (C=O) groups is 1. The lowest BCUT2D eigenvalue weighted by Gasteiger charge is -2.24. The highest BCUT2D eigenvalue weighted by Crippen LogP contribution is 2.39. The Balaban J connectivity index is 1.74. The smallest absolute Gasteiger partial charge is 0.326 e. The van der Waals surface area contributed by atoms with Crippen molar-refractivity contribution in [1.29, 1.82) is 0 Å². The molecule has 0 aromatic heterocycles. The molecule has 1 unspecified atom stereocenters. The summed E-state index contributed by atoms with van der Waals surface area (Å²) in [7, 11) is 1.58. The van der Waals surface area contributed by atoms with Crippen LogP contribution < -0.4 is 14.8 Å². The molecule has 2 atom stereocenters. The number of methoxy groups -OCH3 is 1. The third kappa shape index (κ3) is 3.98. The molecule has 0 fully saturated rings. The summed E-state index contributed by atoms with van der Waals surface area (Å²) in [5.74, 6) is 0.160. The average molecular weight is 385 g/mol. The maximum Gasteiger partial charge on any atom is 0.326 e. The Labute approximate surface area is 165 Å². The minimum atomic E-state index is -1.40. The summed E-state index contributed by atoms with van der Waals surface area (Å²) >= 11 is 0. The van der Waals surface area contributed by atoms with E-state index in [-0.39, 0.29) is 12.6 Å². The summed E-state index contributed by atoms with van der Waals surface area (Å²) in [5, 5.41) is 21.5. The summed E-state index contributed by atoms with van der Waals surface area (Å²) in [4.78, 5) is 11.3. The van der Waals surface area contributed by atoms with Crippen molar-refractivity contribution in [3.63, 3.8) is 0 Å². The molecule has 2 aromatic carbocycles. The van der Waals surface area contributed by atoms with Gasteiger partial charge in [0.15, 0.2) is 11.5 Å². The van der Waals surface area contributed by atoms with Gasteiger partial charge in [-0.1, -0.05) is 24.3 Å². The highest BCUT2D eigenvalue weighted by molar-refractivity contribution is 5.78. The van der Waals surface area contributed by atoms with Crippen LogP contribution in [0.15, 0.2) is 36.4 Å². The van der Waals surface area contributed by atoms with Crippen LogP contribution in [-0.4, -0.2) is 35.4 Å². The van der Waals surface area contributed by atoms with Crippen molar-refractivity contribution in [3.05, 3.63) is 58.7 Å². The molecule has 3 rings (SSSR count). The fraction of sp³-hybridized carbons (Fsp3) is 0.409. The first-order valence-electron chi connectivity index (χ1n) is 9.39. The van der Waals surface area contributed by atoms with E-state index in [1.165, 1.54) is 23.6 Å². The molecule has 2 aromatic rings. The van der Waals surface area contributed by atoms with Crippen molar-refractivity contribution >= 4 is 5.97 Å². The molecule has 6 heteroatoms. The van der Waals surface area contributed by atoms with E-state index in [0.717, 1.165) is 18.4 Å². The van der Waals surface area contributed by atoms with Gasteiger partial charge in [0, 0.05) is 6.54 Å². The summed E-state index contributed by atoms with van der Waals surface area (Å²) in [6.45, 7) is 3.36. The standard InChI is InChI=1S/C22H27NO5/c1-14-5-4-6-17-16(14)8-10-18(17)28-19-9-7-15(11-20(19)27-3)12-23-22(2,13-24)21(25)26/h4-7,9,11,18,23-24H,8,10,12-13H2,1-3H3,(H,25,26)/t18?,22-/m0/s1. The Morgan fingerprint density at radius 1 is 1.29 bits per heavy atom. The zero-order valence-corrected chi connectivity index (χ0v) is 16.5. The van der Waals surface area contributed by atoms with Crippen molar-refractivity contribution in [1.82, 2.24) is 5.32 Å². The third-order valence-electron chi connectivity index (χ3n) is 5.42. The van der Waals surface area contributed by atoms with Gasteiger partial charge in [-0.15, -0.1) is 0 Å². The largest absolute Gasteiger partial charge is 0.493 e. The van der Waals surface area contributed by atoms with Crippen LogP contribution in [-0.2, 0) is 17.8 Å². The van der Waals surface area contributed by atoms with Gasteiger partial charge in [0.25, 0.3) is 0 Å². The van der Waals surface area contributed by atoms with Crippen LogP contribution in [0.5, 0.6) is 11.5 Å². The van der Waals surface area contributed by atoms with Crippen molar-refractivity contribution in [3.8, 4) is 11.5 Å².